The van der Waals surface area contributed by atoms with Crippen molar-refractivity contribution in [2.75, 3.05) is 11.9 Å². The third-order valence-corrected chi connectivity index (χ3v) is 2.84. The van der Waals surface area contributed by atoms with E-state index in [1.807, 2.05) is 0 Å². The van der Waals surface area contributed by atoms with Crippen LogP contribution in [0.3, 0.4) is 0 Å². The van der Waals surface area contributed by atoms with E-state index < -0.39 is 5.82 Å². The molecular weight excluding hydrogens is 248 g/mol. The van der Waals surface area contributed by atoms with Crippen molar-refractivity contribution in [3.05, 3.63) is 59.3 Å². The van der Waals surface area contributed by atoms with Crippen LogP contribution in [0.25, 0.3) is 0 Å². The molecule has 0 saturated heterocycles. The zero-order valence-electron chi connectivity index (χ0n) is 10.6. The molecule has 0 fully saturated rings. The van der Waals surface area contributed by atoms with Crippen LogP contribution in [-0.2, 0) is 13.1 Å². The van der Waals surface area contributed by atoms with Crippen LogP contribution in [0.4, 0.5) is 14.6 Å². The van der Waals surface area contributed by atoms with Crippen LogP contribution in [0.1, 0.15) is 11.1 Å². The van der Waals surface area contributed by atoms with Crippen LogP contribution >= 0.6 is 0 Å². The summed E-state index contributed by atoms with van der Waals surface area (Å²) in [5, 5.41) is 0. The van der Waals surface area contributed by atoms with Gasteiger partial charge in [0.25, 0.3) is 0 Å². The van der Waals surface area contributed by atoms with Crippen molar-refractivity contribution in [1.29, 1.82) is 0 Å². The molecule has 1 aromatic heterocycles. The van der Waals surface area contributed by atoms with Crippen LogP contribution in [0.2, 0.25) is 0 Å². The highest BCUT2D eigenvalue weighted by Crippen LogP contribution is 2.20. The van der Waals surface area contributed by atoms with Crippen LogP contribution in [0.5, 0.6) is 0 Å². The fraction of sp³-hybridized carbons (Fsp3) is 0.214. The predicted octanol–water partition coefficient (Wildman–Crippen LogP) is 2.45. The molecule has 0 aliphatic rings. The molecule has 19 heavy (non-hydrogen) atoms. The number of rotatable bonds is 4. The van der Waals surface area contributed by atoms with Crippen molar-refractivity contribution in [1.82, 2.24) is 4.98 Å². The Labute approximate surface area is 110 Å². The van der Waals surface area contributed by atoms with Crippen molar-refractivity contribution < 1.29 is 8.78 Å². The van der Waals surface area contributed by atoms with Crippen molar-refractivity contribution >= 4 is 5.82 Å². The van der Waals surface area contributed by atoms with Gasteiger partial charge in [-0.25, -0.2) is 13.8 Å². The maximum atomic E-state index is 14.0. The van der Waals surface area contributed by atoms with E-state index in [2.05, 4.69) is 4.98 Å². The molecule has 0 unspecified atom stereocenters. The first-order chi connectivity index (χ1) is 9.11. The first kappa shape index (κ1) is 13.4. The molecule has 0 amide bonds. The van der Waals surface area contributed by atoms with E-state index in [0.29, 0.717) is 12.1 Å². The molecule has 3 nitrogen and oxygen atoms in total. The number of hydrogen-bond donors (Lipinski definition) is 1. The van der Waals surface area contributed by atoms with Gasteiger partial charge in [-0.05, 0) is 23.8 Å². The Morgan fingerprint density at radius 1 is 1.26 bits per heavy atom. The lowest BCUT2D eigenvalue weighted by Crippen LogP contribution is -2.20. The van der Waals surface area contributed by atoms with E-state index >= 15 is 0 Å². The van der Waals surface area contributed by atoms with E-state index in [9.17, 15) is 8.78 Å². The maximum absolute atomic E-state index is 14.0. The molecule has 1 heterocycles. The van der Waals surface area contributed by atoms with Crippen LogP contribution in [-0.4, -0.2) is 12.0 Å². The monoisotopic (exact) mass is 263 g/mol. The van der Waals surface area contributed by atoms with Crippen molar-refractivity contribution in [2.45, 2.75) is 13.1 Å². The van der Waals surface area contributed by atoms with E-state index in [4.69, 9.17) is 5.73 Å². The van der Waals surface area contributed by atoms with E-state index in [-0.39, 0.29) is 18.2 Å². The molecule has 2 N–H and O–H groups in total. The lowest BCUT2D eigenvalue weighted by Gasteiger charge is -2.19. The minimum Gasteiger partial charge on any atom is -0.353 e. The highest BCUT2D eigenvalue weighted by Gasteiger charge is 2.13. The van der Waals surface area contributed by atoms with E-state index in [1.54, 1.807) is 30.1 Å². The SMILES string of the molecule is CN(Cc1cccc(F)c1)c1nccc(CN)c1F. The van der Waals surface area contributed by atoms with Gasteiger partial charge >= 0.3 is 0 Å². The third-order valence-electron chi connectivity index (χ3n) is 2.84. The molecule has 100 valence electrons. The summed E-state index contributed by atoms with van der Waals surface area (Å²) in [6, 6.07) is 7.75. The molecule has 1 aromatic carbocycles. The number of pyridine rings is 1. The number of halogens is 2. The first-order valence-corrected chi connectivity index (χ1v) is 5.91. The molecular formula is C14H15F2N3. The van der Waals surface area contributed by atoms with Crippen LogP contribution < -0.4 is 10.6 Å². The minimum atomic E-state index is -0.427. The topological polar surface area (TPSA) is 42.2 Å². The standard InChI is InChI=1S/C14H15F2N3/c1-19(9-10-3-2-4-12(15)7-10)14-13(16)11(8-17)5-6-18-14/h2-7H,8-9,17H2,1H3. The summed E-state index contributed by atoms with van der Waals surface area (Å²) in [7, 11) is 1.70. The van der Waals surface area contributed by atoms with Gasteiger partial charge in [-0.1, -0.05) is 12.1 Å². The molecule has 5 heteroatoms. The summed E-state index contributed by atoms with van der Waals surface area (Å²) in [5.74, 6) is -0.522. The van der Waals surface area contributed by atoms with Crippen LogP contribution in [0, 0.1) is 11.6 Å². The molecule has 0 radical (unpaired) electrons. The molecule has 2 rings (SSSR count). The molecule has 2 aromatic rings. The Hall–Kier alpha value is -2.01. The van der Waals surface area contributed by atoms with Gasteiger partial charge in [-0.3, -0.25) is 0 Å². The summed E-state index contributed by atoms with van der Waals surface area (Å²) in [6.07, 6.45) is 1.52. The zero-order valence-corrected chi connectivity index (χ0v) is 10.6. The summed E-state index contributed by atoms with van der Waals surface area (Å²) in [5.41, 5.74) is 6.62. The Balaban J connectivity index is 2.23. The highest BCUT2D eigenvalue weighted by atomic mass is 19.1. The van der Waals surface area contributed by atoms with Crippen LogP contribution in [0.15, 0.2) is 36.5 Å². The lowest BCUT2D eigenvalue weighted by molar-refractivity contribution is 0.597. The molecule has 0 aliphatic heterocycles. The second-order valence-corrected chi connectivity index (χ2v) is 4.30. The molecule has 0 atom stereocenters. The highest BCUT2D eigenvalue weighted by molar-refractivity contribution is 5.43. The van der Waals surface area contributed by atoms with Crippen molar-refractivity contribution in [2.24, 2.45) is 5.73 Å². The number of benzene rings is 1. The van der Waals surface area contributed by atoms with E-state index in [1.165, 1.54) is 18.3 Å². The summed E-state index contributed by atoms with van der Waals surface area (Å²) >= 11 is 0. The quantitative estimate of drug-likeness (QED) is 0.921. The lowest BCUT2D eigenvalue weighted by atomic mass is 10.2. The van der Waals surface area contributed by atoms with E-state index in [0.717, 1.165) is 5.56 Å². The number of nitrogens with zero attached hydrogens (tertiary/aromatic N) is 2. The summed E-state index contributed by atoms with van der Waals surface area (Å²) < 4.78 is 27.1. The first-order valence-electron chi connectivity index (χ1n) is 5.91. The summed E-state index contributed by atoms with van der Waals surface area (Å²) in [4.78, 5) is 5.64. The Morgan fingerprint density at radius 3 is 2.74 bits per heavy atom. The van der Waals surface area contributed by atoms with Gasteiger partial charge in [-0.15, -0.1) is 0 Å². The normalized spacial score (nSPS) is 10.5. The average molecular weight is 263 g/mol. The number of anilines is 1. The van der Waals surface area contributed by atoms with Gasteiger partial charge in [-0.2, -0.15) is 0 Å². The van der Waals surface area contributed by atoms with Gasteiger partial charge in [0.1, 0.15) is 5.82 Å². The average Bonchev–Trinajstić information content (AvgIpc) is 2.39. The molecule has 0 bridgehead atoms. The predicted molar refractivity (Wildman–Crippen MR) is 70.6 cm³/mol. The Bertz CT molecular complexity index is 572. The van der Waals surface area contributed by atoms with Crippen molar-refractivity contribution in [3.63, 3.8) is 0 Å². The van der Waals surface area contributed by atoms with Gasteiger partial charge < -0.3 is 10.6 Å². The van der Waals surface area contributed by atoms with Gasteiger partial charge in [0.2, 0.25) is 0 Å². The van der Waals surface area contributed by atoms with Gasteiger partial charge in [0.05, 0.1) is 0 Å². The number of hydrogen-bond acceptors (Lipinski definition) is 3. The summed E-state index contributed by atoms with van der Waals surface area (Å²) in [6.45, 7) is 0.491. The maximum Gasteiger partial charge on any atom is 0.170 e. The number of nitrogens with two attached hydrogens (primary N) is 1. The van der Waals surface area contributed by atoms with Crippen molar-refractivity contribution in [3.8, 4) is 0 Å². The molecule has 0 saturated carbocycles. The fourth-order valence-electron chi connectivity index (χ4n) is 1.88. The Morgan fingerprint density at radius 2 is 2.05 bits per heavy atom. The molecule has 0 aliphatic carbocycles. The Kier molecular flexibility index (Phi) is 4.06. The van der Waals surface area contributed by atoms with Gasteiger partial charge in [0, 0.05) is 31.9 Å². The number of aromatic nitrogens is 1. The zero-order chi connectivity index (χ0) is 13.8. The second kappa shape index (κ2) is 5.75. The second-order valence-electron chi connectivity index (χ2n) is 4.30. The van der Waals surface area contributed by atoms with Gasteiger partial charge in [0.15, 0.2) is 11.6 Å². The fourth-order valence-corrected chi connectivity index (χ4v) is 1.88. The smallest absolute Gasteiger partial charge is 0.170 e. The third kappa shape index (κ3) is 3.06. The molecule has 0 spiro atoms. The largest absolute Gasteiger partial charge is 0.353 e. The minimum absolute atomic E-state index is 0.120.